The summed E-state index contributed by atoms with van der Waals surface area (Å²) in [6, 6.07) is 6.82. The first-order chi connectivity index (χ1) is 9.43. The Kier molecular flexibility index (Phi) is 6.18. The number of aliphatic hydroxyl groups excluding tert-OH is 1. The van der Waals surface area contributed by atoms with E-state index < -0.39 is 0 Å². The van der Waals surface area contributed by atoms with Crippen molar-refractivity contribution in [2.75, 3.05) is 13.2 Å². The van der Waals surface area contributed by atoms with Gasteiger partial charge in [-0.3, -0.25) is 9.59 Å². The molecule has 5 heteroatoms. The molecule has 0 fully saturated rings. The molecule has 5 nitrogen and oxygen atoms in total. The molecule has 1 atom stereocenters. The topological polar surface area (TPSA) is 78.4 Å². The highest BCUT2D eigenvalue weighted by Gasteiger charge is 2.15. The number of benzene rings is 1. The number of aryl methyl sites for hydroxylation is 1. The van der Waals surface area contributed by atoms with E-state index in [0.29, 0.717) is 5.56 Å². The fraction of sp³-hybridized carbons (Fsp3) is 0.467. The van der Waals surface area contributed by atoms with Gasteiger partial charge in [-0.05, 0) is 25.0 Å². The van der Waals surface area contributed by atoms with Crippen LogP contribution in [0, 0.1) is 12.8 Å². The lowest BCUT2D eigenvalue weighted by Gasteiger charge is -2.19. The minimum absolute atomic E-state index is 0.101. The Morgan fingerprint density at radius 3 is 2.30 bits per heavy atom. The second-order valence-corrected chi connectivity index (χ2v) is 5.15. The van der Waals surface area contributed by atoms with Crippen molar-refractivity contribution in [3.05, 3.63) is 35.4 Å². The molecule has 20 heavy (non-hydrogen) atoms. The smallest absolute Gasteiger partial charge is 0.251 e. The maximum atomic E-state index is 11.8. The third-order valence-electron chi connectivity index (χ3n) is 3.07. The highest BCUT2D eigenvalue weighted by molar-refractivity contribution is 5.96. The molecule has 0 bridgehead atoms. The molecule has 0 spiro atoms. The summed E-state index contributed by atoms with van der Waals surface area (Å²) in [4.78, 5) is 23.5. The molecular weight excluding hydrogens is 256 g/mol. The zero-order chi connectivity index (χ0) is 15.1. The lowest BCUT2D eigenvalue weighted by Crippen LogP contribution is -2.45. The largest absolute Gasteiger partial charge is 0.394 e. The van der Waals surface area contributed by atoms with Crippen LogP contribution in [-0.2, 0) is 4.79 Å². The van der Waals surface area contributed by atoms with Crippen LogP contribution in [0.25, 0.3) is 0 Å². The van der Waals surface area contributed by atoms with Crippen molar-refractivity contribution in [1.29, 1.82) is 0 Å². The minimum atomic E-state index is -0.307. The highest BCUT2D eigenvalue weighted by Crippen LogP contribution is 2.03. The van der Waals surface area contributed by atoms with Crippen LogP contribution in [0.15, 0.2) is 24.3 Å². The summed E-state index contributed by atoms with van der Waals surface area (Å²) in [5.74, 6) is -0.458. The second kappa shape index (κ2) is 7.65. The first kappa shape index (κ1) is 16.2. The number of hydrogen-bond acceptors (Lipinski definition) is 3. The number of nitrogens with one attached hydrogen (secondary N) is 2. The predicted molar refractivity (Wildman–Crippen MR) is 77.4 cm³/mol. The molecule has 1 aromatic carbocycles. The maximum Gasteiger partial charge on any atom is 0.251 e. The molecule has 0 aliphatic rings. The van der Waals surface area contributed by atoms with Gasteiger partial charge in [0.2, 0.25) is 5.91 Å². The fourth-order valence-electron chi connectivity index (χ4n) is 1.65. The van der Waals surface area contributed by atoms with Crippen LogP contribution in [0.3, 0.4) is 0 Å². The fourth-order valence-corrected chi connectivity index (χ4v) is 1.65. The standard InChI is InChI=1S/C15H22N2O3/c1-10(2)13(9-18)17-14(19)8-16-15(20)12-6-4-11(3)5-7-12/h4-7,10,13,18H,8-9H2,1-3H3,(H,16,20)(H,17,19). The van der Waals surface area contributed by atoms with Crippen LogP contribution in [0.5, 0.6) is 0 Å². The Morgan fingerprint density at radius 2 is 1.80 bits per heavy atom. The van der Waals surface area contributed by atoms with Crippen LogP contribution in [0.4, 0.5) is 0 Å². The van der Waals surface area contributed by atoms with Crippen molar-refractivity contribution < 1.29 is 14.7 Å². The average Bonchev–Trinajstić information content (AvgIpc) is 2.42. The van der Waals surface area contributed by atoms with E-state index in [9.17, 15) is 9.59 Å². The minimum Gasteiger partial charge on any atom is -0.394 e. The van der Waals surface area contributed by atoms with Crippen molar-refractivity contribution in [2.45, 2.75) is 26.8 Å². The van der Waals surface area contributed by atoms with Gasteiger partial charge in [0.05, 0.1) is 19.2 Å². The summed E-state index contributed by atoms with van der Waals surface area (Å²) < 4.78 is 0. The molecule has 0 saturated heterocycles. The van der Waals surface area contributed by atoms with Gasteiger partial charge in [-0.1, -0.05) is 31.5 Å². The van der Waals surface area contributed by atoms with Crippen LogP contribution in [0.1, 0.15) is 29.8 Å². The predicted octanol–water partition coefficient (Wildman–Crippen LogP) is 0.858. The van der Waals surface area contributed by atoms with Gasteiger partial charge in [-0.25, -0.2) is 0 Å². The van der Waals surface area contributed by atoms with Gasteiger partial charge in [-0.2, -0.15) is 0 Å². The van der Waals surface area contributed by atoms with E-state index in [4.69, 9.17) is 5.11 Å². The number of aliphatic hydroxyl groups is 1. The summed E-state index contributed by atoms with van der Waals surface area (Å²) >= 11 is 0. The van der Waals surface area contributed by atoms with Crippen LogP contribution in [-0.4, -0.2) is 36.1 Å². The Bertz CT molecular complexity index is 455. The molecule has 1 aromatic rings. The number of amides is 2. The lowest BCUT2D eigenvalue weighted by atomic mass is 10.1. The van der Waals surface area contributed by atoms with Crippen LogP contribution < -0.4 is 10.6 Å². The van der Waals surface area contributed by atoms with Gasteiger partial charge in [0.15, 0.2) is 0 Å². The number of carbonyl (C=O) groups is 2. The van der Waals surface area contributed by atoms with E-state index in [2.05, 4.69) is 10.6 Å². The molecule has 0 aromatic heterocycles. The summed E-state index contributed by atoms with van der Waals surface area (Å²) in [6.45, 7) is 5.54. The van der Waals surface area contributed by atoms with Crippen LogP contribution in [0.2, 0.25) is 0 Å². The molecule has 2 amide bonds. The second-order valence-electron chi connectivity index (χ2n) is 5.15. The van der Waals surface area contributed by atoms with Crippen molar-refractivity contribution in [2.24, 2.45) is 5.92 Å². The summed E-state index contributed by atoms with van der Waals surface area (Å²) in [5, 5.41) is 14.4. The summed E-state index contributed by atoms with van der Waals surface area (Å²) in [7, 11) is 0. The first-order valence-electron chi connectivity index (χ1n) is 6.69. The number of hydrogen-bond donors (Lipinski definition) is 3. The Balaban J connectivity index is 2.44. The van der Waals surface area contributed by atoms with E-state index in [0.717, 1.165) is 5.56 Å². The van der Waals surface area contributed by atoms with Gasteiger partial charge in [0, 0.05) is 5.56 Å². The van der Waals surface area contributed by atoms with Crippen molar-refractivity contribution in [1.82, 2.24) is 10.6 Å². The third kappa shape index (κ3) is 5.01. The molecule has 0 aliphatic heterocycles. The lowest BCUT2D eigenvalue weighted by molar-refractivity contribution is -0.121. The van der Waals surface area contributed by atoms with Crippen molar-refractivity contribution in [3.8, 4) is 0 Å². The average molecular weight is 278 g/mol. The molecule has 1 unspecified atom stereocenters. The zero-order valence-electron chi connectivity index (χ0n) is 12.1. The number of carbonyl (C=O) groups excluding carboxylic acids is 2. The first-order valence-corrected chi connectivity index (χ1v) is 6.69. The highest BCUT2D eigenvalue weighted by atomic mass is 16.3. The number of rotatable bonds is 6. The van der Waals surface area contributed by atoms with Crippen LogP contribution >= 0.6 is 0 Å². The quantitative estimate of drug-likeness (QED) is 0.722. The van der Waals surface area contributed by atoms with E-state index in [-0.39, 0.29) is 36.9 Å². The van der Waals surface area contributed by atoms with Gasteiger partial charge in [-0.15, -0.1) is 0 Å². The van der Waals surface area contributed by atoms with E-state index in [1.807, 2.05) is 32.9 Å². The molecule has 0 heterocycles. The summed E-state index contributed by atoms with van der Waals surface area (Å²) in [5.41, 5.74) is 1.59. The van der Waals surface area contributed by atoms with Gasteiger partial charge < -0.3 is 15.7 Å². The molecule has 0 radical (unpaired) electrons. The van der Waals surface area contributed by atoms with E-state index in [1.165, 1.54) is 0 Å². The molecule has 0 saturated carbocycles. The zero-order valence-corrected chi connectivity index (χ0v) is 12.1. The molecule has 1 rings (SSSR count). The Morgan fingerprint density at radius 1 is 1.20 bits per heavy atom. The SMILES string of the molecule is Cc1ccc(C(=O)NCC(=O)NC(CO)C(C)C)cc1. The summed E-state index contributed by atoms with van der Waals surface area (Å²) in [6.07, 6.45) is 0. The Hall–Kier alpha value is -1.88. The monoisotopic (exact) mass is 278 g/mol. The van der Waals surface area contributed by atoms with E-state index >= 15 is 0 Å². The normalized spacial score (nSPS) is 12.1. The molecular formula is C15H22N2O3. The van der Waals surface area contributed by atoms with E-state index in [1.54, 1.807) is 12.1 Å². The molecule has 110 valence electrons. The Labute approximate surface area is 119 Å². The molecule has 3 N–H and O–H groups in total. The van der Waals surface area contributed by atoms with Crippen molar-refractivity contribution >= 4 is 11.8 Å². The molecule has 0 aliphatic carbocycles. The van der Waals surface area contributed by atoms with Crippen molar-refractivity contribution in [3.63, 3.8) is 0 Å². The van der Waals surface area contributed by atoms with Gasteiger partial charge in [0.25, 0.3) is 5.91 Å². The van der Waals surface area contributed by atoms with Gasteiger partial charge in [0.1, 0.15) is 0 Å². The third-order valence-corrected chi connectivity index (χ3v) is 3.07. The maximum absolute atomic E-state index is 11.8. The van der Waals surface area contributed by atoms with Gasteiger partial charge >= 0.3 is 0 Å².